The minimum atomic E-state index is -0.0794. The van der Waals surface area contributed by atoms with E-state index >= 15 is 0 Å². The van der Waals surface area contributed by atoms with Gasteiger partial charge in [-0.3, -0.25) is 21.2 Å². The largest absolute Gasteiger partial charge is 0.338 e. The Labute approximate surface area is 99.9 Å². The molecule has 2 rings (SSSR count). The smallest absolute Gasteiger partial charge is 0.110 e. The van der Waals surface area contributed by atoms with E-state index in [-0.39, 0.29) is 6.04 Å². The van der Waals surface area contributed by atoms with Crippen molar-refractivity contribution >= 4 is 0 Å². The van der Waals surface area contributed by atoms with Crippen molar-refractivity contribution in [2.45, 2.75) is 19.4 Å². The van der Waals surface area contributed by atoms with Crippen LogP contribution in [0.3, 0.4) is 0 Å². The molecule has 0 aromatic carbocycles. The molecule has 3 N–H and O–H groups in total. The molecule has 0 aliphatic heterocycles. The van der Waals surface area contributed by atoms with Crippen molar-refractivity contribution < 1.29 is 0 Å². The van der Waals surface area contributed by atoms with Crippen LogP contribution in [0.15, 0.2) is 24.8 Å². The number of hydrazine groups is 1. The van der Waals surface area contributed by atoms with Crippen molar-refractivity contribution in [3.8, 4) is 0 Å². The van der Waals surface area contributed by atoms with Crippen molar-refractivity contribution in [1.82, 2.24) is 24.9 Å². The molecule has 1 unspecified atom stereocenters. The summed E-state index contributed by atoms with van der Waals surface area (Å²) in [5, 5.41) is 0. The second-order valence-corrected chi connectivity index (χ2v) is 3.96. The number of aromatic nitrogens is 4. The summed E-state index contributed by atoms with van der Waals surface area (Å²) in [6.45, 7) is 1.90. The first-order valence-corrected chi connectivity index (χ1v) is 5.41. The van der Waals surface area contributed by atoms with E-state index in [0.29, 0.717) is 6.42 Å². The van der Waals surface area contributed by atoms with Gasteiger partial charge in [-0.25, -0.2) is 4.98 Å². The Bertz CT molecular complexity index is 475. The van der Waals surface area contributed by atoms with Gasteiger partial charge in [-0.05, 0) is 6.92 Å². The van der Waals surface area contributed by atoms with Gasteiger partial charge in [-0.2, -0.15) is 0 Å². The molecule has 0 amide bonds. The van der Waals surface area contributed by atoms with Gasteiger partial charge in [0.15, 0.2) is 0 Å². The molecule has 2 aromatic rings. The Morgan fingerprint density at radius 2 is 2.18 bits per heavy atom. The zero-order valence-corrected chi connectivity index (χ0v) is 9.96. The first kappa shape index (κ1) is 11.7. The second-order valence-electron chi connectivity index (χ2n) is 3.96. The lowest BCUT2D eigenvalue weighted by atomic mass is 10.1. The first-order valence-electron chi connectivity index (χ1n) is 5.41. The molecule has 17 heavy (non-hydrogen) atoms. The summed E-state index contributed by atoms with van der Waals surface area (Å²) in [7, 11) is 1.96. The van der Waals surface area contributed by atoms with Crippen molar-refractivity contribution in [2.24, 2.45) is 12.9 Å². The highest BCUT2D eigenvalue weighted by Gasteiger charge is 2.14. The van der Waals surface area contributed by atoms with Crippen LogP contribution in [0, 0.1) is 6.92 Å². The number of aryl methyl sites for hydroxylation is 2. The summed E-state index contributed by atoms with van der Waals surface area (Å²) in [5.74, 6) is 6.51. The van der Waals surface area contributed by atoms with Crippen molar-refractivity contribution in [1.29, 1.82) is 0 Å². The topological polar surface area (TPSA) is 81.7 Å². The summed E-state index contributed by atoms with van der Waals surface area (Å²) in [6.07, 6.45) is 7.83. The van der Waals surface area contributed by atoms with Crippen LogP contribution in [-0.2, 0) is 13.5 Å². The summed E-state index contributed by atoms with van der Waals surface area (Å²) in [4.78, 5) is 12.8. The van der Waals surface area contributed by atoms with Crippen molar-refractivity contribution in [3.05, 3.63) is 42.0 Å². The minimum absolute atomic E-state index is 0.0794. The van der Waals surface area contributed by atoms with Crippen molar-refractivity contribution in [3.63, 3.8) is 0 Å². The lowest BCUT2D eigenvalue weighted by molar-refractivity contribution is 0.516. The van der Waals surface area contributed by atoms with Gasteiger partial charge < -0.3 is 4.57 Å². The molecule has 0 radical (unpaired) electrons. The zero-order valence-electron chi connectivity index (χ0n) is 9.96. The summed E-state index contributed by atoms with van der Waals surface area (Å²) in [5.41, 5.74) is 4.46. The van der Waals surface area contributed by atoms with E-state index in [1.54, 1.807) is 18.6 Å². The van der Waals surface area contributed by atoms with Crippen LogP contribution in [0.25, 0.3) is 0 Å². The molecular weight excluding hydrogens is 216 g/mol. The predicted molar refractivity (Wildman–Crippen MR) is 63.7 cm³/mol. The molecule has 1 atom stereocenters. The zero-order chi connectivity index (χ0) is 12.3. The van der Waals surface area contributed by atoms with Crippen LogP contribution in [0.2, 0.25) is 0 Å². The number of hydrogen-bond donors (Lipinski definition) is 2. The Balaban J connectivity index is 2.17. The predicted octanol–water partition coefficient (Wildman–Crippen LogP) is 0.266. The van der Waals surface area contributed by atoms with Gasteiger partial charge in [-0.1, -0.05) is 0 Å². The van der Waals surface area contributed by atoms with Gasteiger partial charge in [-0.15, -0.1) is 0 Å². The summed E-state index contributed by atoms with van der Waals surface area (Å²) < 4.78 is 1.96. The van der Waals surface area contributed by atoms with Crippen molar-refractivity contribution in [2.75, 3.05) is 0 Å². The summed E-state index contributed by atoms with van der Waals surface area (Å²) in [6, 6.07) is -0.0794. The SMILES string of the molecule is Cc1cnc(C(Cc2nccn2C)NN)cn1. The maximum atomic E-state index is 5.55. The van der Waals surface area contributed by atoms with E-state index in [2.05, 4.69) is 20.4 Å². The van der Waals surface area contributed by atoms with E-state index in [0.717, 1.165) is 17.2 Å². The van der Waals surface area contributed by atoms with Gasteiger partial charge in [0, 0.05) is 32.1 Å². The fraction of sp³-hybridized carbons (Fsp3) is 0.364. The minimum Gasteiger partial charge on any atom is -0.338 e. The average molecular weight is 232 g/mol. The third-order valence-electron chi connectivity index (χ3n) is 2.67. The molecule has 0 bridgehead atoms. The van der Waals surface area contributed by atoms with Crippen LogP contribution in [0.5, 0.6) is 0 Å². The molecule has 0 aliphatic rings. The van der Waals surface area contributed by atoms with Crippen LogP contribution in [-0.4, -0.2) is 19.5 Å². The van der Waals surface area contributed by atoms with E-state index in [1.165, 1.54) is 0 Å². The van der Waals surface area contributed by atoms with Gasteiger partial charge >= 0.3 is 0 Å². The Hall–Kier alpha value is -1.79. The fourth-order valence-electron chi connectivity index (χ4n) is 1.61. The van der Waals surface area contributed by atoms with Crippen LogP contribution >= 0.6 is 0 Å². The number of nitrogens with one attached hydrogen (secondary N) is 1. The molecule has 6 nitrogen and oxygen atoms in total. The Morgan fingerprint density at radius 1 is 1.35 bits per heavy atom. The molecule has 0 spiro atoms. The molecule has 6 heteroatoms. The standard InChI is InChI=1S/C11H16N6/c1-8-6-15-10(7-14-8)9(16-12)5-11-13-3-4-17(11)2/h3-4,6-7,9,16H,5,12H2,1-2H3. The van der Waals surface area contributed by atoms with Gasteiger partial charge in [0.05, 0.1) is 23.6 Å². The van der Waals surface area contributed by atoms with E-state index in [9.17, 15) is 0 Å². The van der Waals surface area contributed by atoms with Gasteiger partial charge in [0.2, 0.25) is 0 Å². The number of imidazole rings is 1. The Morgan fingerprint density at radius 3 is 2.71 bits per heavy atom. The number of rotatable bonds is 4. The molecule has 90 valence electrons. The highest BCUT2D eigenvalue weighted by Crippen LogP contribution is 2.13. The van der Waals surface area contributed by atoms with Gasteiger partial charge in [0.25, 0.3) is 0 Å². The van der Waals surface area contributed by atoms with Crippen LogP contribution < -0.4 is 11.3 Å². The molecular formula is C11H16N6. The normalized spacial score (nSPS) is 12.6. The Kier molecular flexibility index (Phi) is 3.46. The number of hydrogen-bond acceptors (Lipinski definition) is 5. The third kappa shape index (κ3) is 2.66. The van der Waals surface area contributed by atoms with Crippen LogP contribution in [0.1, 0.15) is 23.3 Å². The molecule has 0 fully saturated rings. The fourth-order valence-corrected chi connectivity index (χ4v) is 1.61. The molecule has 2 heterocycles. The highest BCUT2D eigenvalue weighted by atomic mass is 15.2. The molecule has 0 saturated heterocycles. The third-order valence-corrected chi connectivity index (χ3v) is 2.67. The first-order chi connectivity index (χ1) is 8.20. The van der Waals surface area contributed by atoms with Gasteiger partial charge in [0.1, 0.15) is 5.82 Å². The van der Waals surface area contributed by atoms with Crippen LogP contribution in [0.4, 0.5) is 0 Å². The lowest BCUT2D eigenvalue weighted by Gasteiger charge is -2.14. The average Bonchev–Trinajstić information content (AvgIpc) is 2.73. The highest BCUT2D eigenvalue weighted by molar-refractivity contribution is 5.08. The van der Waals surface area contributed by atoms with E-state index in [1.807, 2.05) is 24.7 Å². The monoisotopic (exact) mass is 232 g/mol. The molecule has 0 aliphatic carbocycles. The summed E-state index contributed by atoms with van der Waals surface area (Å²) >= 11 is 0. The maximum absolute atomic E-state index is 5.55. The number of nitrogens with zero attached hydrogens (tertiary/aromatic N) is 4. The van der Waals surface area contributed by atoms with E-state index in [4.69, 9.17) is 5.84 Å². The van der Waals surface area contributed by atoms with E-state index < -0.39 is 0 Å². The molecule has 0 saturated carbocycles. The second kappa shape index (κ2) is 5.03. The maximum Gasteiger partial charge on any atom is 0.110 e. The number of nitrogens with two attached hydrogens (primary N) is 1. The molecule has 2 aromatic heterocycles. The quantitative estimate of drug-likeness (QED) is 0.584. The lowest BCUT2D eigenvalue weighted by Crippen LogP contribution is -2.31.